The van der Waals surface area contributed by atoms with Gasteiger partial charge in [-0.3, -0.25) is 0 Å². The molecule has 0 aliphatic carbocycles. The molecule has 2 atom stereocenters. The van der Waals surface area contributed by atoms with Crippen molar-refractivity contribution in [2.24, 2.45) is 0 Å². The van der Waals surface area contributed by atoms with E-state index in [9.17, 15) is 0 Å². The molecule has 1 aliphatic rings. The molecular weight excluding hydrogens is 240 g/mol. The molecule has 94 valence electrons. The first-order valence-electron chi connectivity index (χ1n) is 5.77. The van der Waals surface area contributed by atoms with Crippen LogP contribution in [0.4, 0.5) is 11.8 Å². The van der Waals surface area contributed by atoms with Gasteiger partial charge in [0, 0.05) is 19.7 Å². The van der Waals surface area contributed by atoms with Gasteiger partial charge in [-0.1, -0.05) is 11.6 Å². The lowest BCUT2D eigenvalue weighted by Crippen LogP contribution is -2.32. The molecule has 2 N–H and O–H groups in total. The third kappa shape index (κ3) is 3.20. The van der Waals surface area contributed by atoms with E-state index in [2.05, 4.69) is 27.5 Å². The van der Waals surface area contributed by atoms with Crippen molar-refractivity contribution in [3.05, 3.63) is 11.2 Å². The standard InChI is InChI=1S/C11H17ClN4O/c1-7-5-8(3-4-17-7)15-10-9(12)6-14-11(13-2)16-10/h6-8H,3-5H2,1-2H3,(H2,13,14,15,16). The van der Waals surface area contributed by atoms with Gasteiger partial charge in [-0.2, -0.15) is 4.98 Å². The highest BCUT2D eigenvalue weighted by Gasteiger charge is 2.20. The summed E-state index contributed by atoms with van der Waals surface area (Å²) < 4.78 is 5.50. The minimum absolute atomic E-state index is 0.283. The van der Waals surface area contributed by atoms with Crippen LogP contribution >= 0.6 is 11.6 Å². The van der Waals surface area contributed by atoms with Crippen LogP contribution in [0.5, 0.6) is 0 Å². The van der Waals surface area contributed by atoms with Crippen molar-refractivity contribution in [1.82, 2.24) is 9.97 Å². The molecular formula is C11H17ClN4O. The lowest BCUT2D eigenvalue weighted by atomic mass is 10.0. The van der Waals surface area contributed by atoms with Gasteiger partial charge in [0.1, 0.15) is 5.02 Å². The molecule has 0 radical (unpaired) electrons. The van der Waals surface area contributed by atoms with E-state index in [-0.39, 0.29) is 6.10 Å². The van der Waals surface area contributed by atoms with Crippen molar-refractivity contribution >= 4 is 23.4 Å². The van der Waals surface area contributed by atoms with Gasteiger partial charge in [0.25, 0.3) is 0 Å². The maximum absolute atomic E-state index is 6.06. The number of hydrogen-bond donors (Lipinski definition) is 2. The lowest BCUT2D eigenvalue weighted by Gasteiger charge is -2.28. The fourth-order valence-electron chi connectivity index (χ4n) is 1.91. The summed E-state index contributed by atoms with van der Waals surface area (Å²) in [7, 11) is 1.78. The van der Waals surface area contributed by atoms with Gasteiger partial charge >= 0.3 is 0 Å². The summed E-state index contributed by atoms with van der Waals surface area (Å²) in [4.78, 5) is 8.35. The summed E-state index contributed by atoms with van der Waals surface area (Å²) in [5.74, 6) is 1.25. The highest BCUT2D eigenvalue weighted by molar-refractivity contribution is 6.32. The summed E-state index contributed by atoms with van der Waals surface area (Å²) >= 11 is 6.06. The number of ether oxygens (including phenoxy) is 1. The first-order valence-corrected chi connectivity index (χ1v) is 6.15. The molecule has 1 fully saturated rings. The molecule has 1 saturated heterocycles. The summed E-state index contributed by atoms with van der Waals surface area (Å²) in [6, 6.07) is 0.357. The summed E-state index contributed by atoms with van der Waals surface area (Å²) in [6.45, 7) is 2.86. The Morgan fingerprint density at radius 2 is 2.35 bits per heavy atom. The second-order valence-corrected chi connectivity index (χ2v) is 4.59. The molecule has 1 aromatic heterocycles. The molecule has 6 heteroatoms. The van der Waals surface area contributed by atoms with E-state index in [0.29, 0.717) is 22.8 Å². The van der Waals surface area contributed by atoms with Gasteiger partial charge in [0.05, 0.1) is 12.3 Å². The zero-order valence-electron chi connectivity index (χ0n) is 10.0. The molecule has 17 heavy (non-hydrogen) atoms. The van der Waals surface area contributed by atoms with E-state index >= 15 is 0 Å². The van der Waals surface area contributed by atoms with Crippen LogP contribution in [0.2, 0.25) is 5.02 Å². The van der Waals surface area contributed by atoms with Crippen molar-refractivity contribution in [3.8, 4) is 0 Å². The second-order valence-electron chi connectivity index (χ2n) is 4.19. The lowest BCUT2D eigenvalue weighted by molar-refractivity contribution is 0.0232. The van der Waals surface area contributed by atoms with E-state index in [4.69, 9.17) is 16.3 Å². The normalized spacial score (nSPS) is 24.4. The summed E-state index contributed by atoms with van der Waals surface area (Å²) in [5.41, 5.74) is 0. The van der Waals surface area contributed by atoms with E-state index in [0.717, 1.165) is 19.4 Å². The molecule has 1 aromatic rings. The Kier molecular flexibility index (Phi) is 4.02. The Hall–Kier alpha value is -1.07. The van der Waals surface area contributed by atoms with Crippen LogP contribution in [-0.2, 0) is 4.74 Å². The summed E-state index contributed by atoms with van der Waals surface area (Å²) in [6.07, 6.45) is 3.82. The van der Waals surface area contributed by atoms with Gasteiger partial charge in [0.2, 0.25) is 5.95 Å². The van der Waals surface area contributed by atoms with Gasteiger partial charge in [-0.15, -0.1) is 0 Å². The fraction of sp³-hybridized carbons (Fsp3) is 0.636. The number of aromatic nitrogens is 2. The van der Waals surface area contributed by atoms with Crippen LogP contribution in [0.1, 0.15) is 19.8 Å². The van der Waals surface area contributed by atoms with Crippen LogP contribution < -0.4 is 10.6 Å². The average Bonchev–Trinajstić information content (AvgIpc) is 2.32. The Balaban J connectivity index is 2.06. The van der Waals surface area contributed by atoms with Crippen molar-refractivity contribution in [2.75, 3.05) is 24.3 Å². The number of anilines is 2. The van der Waals surface area contributed by atoms with E-state index in [1.165, 1.54) is 0 Å². The molecule has 2 rings (SSSR count). The average molecular weight is 257 g/mol. The molecule has 2 heterocycles. The van der Waals surface area contributed by atoms with Crippen LogP contribution in [-0.4, -0.2) is 35.8 Å². The van der Waals surface area contributed by atoms with Crippen LogP contribution in [0.25, 0.3) is 0 Å². The Morgan fingerprint density at radius 3 is 3.06 bits per heavy atom. The molecule has 5 nitrogen and oxygen atoms in total. The highest BCUT2D eigenvalue weighted by Crippen LogP contribution is 2.23. The molecule has 0 bridgehead atoms. The number of hydrogen-bond acceptors (Lipinski definition) is 5. The van der Waals surface area contributed by atoms with E-state index < -0.39 is 0 Å². The Morgan fingerprint density at radius 1 is 1.53 bits per heavy atom. The van der Waals surface area contributed by atoms with Crippen molar-refractivity contribution in [2.45, 2.75) is 31.9 Å². The minimum atomic E-state index is 0.283. The number of halogens is 1. The number of nitrogens with zero attached hydrogens (tertiary/aromatic N) is 2. The molecule has 1 aliphatic heterocycles. The third-order valence-electron chi connectivity index (χ3n) is 2.79. The van der Waals surface area contributed by atoms with Gasteiger partial charge in [0.15, 0.2) is 5.82 Å². The molecule has 0 amide bonds. The largest absolute Gasteiger partial charge is 0.378 e. The van der Waals surface area contributed by atoms with Gasteiger partial charge in [-0.25, -0.2) is 4.98 Å². The van der Waals surface area contributed by atoms with E-state index in [1.807, 2.05) is 0 Å². The van der Waals surface area contributed by atoms with Crippen LogP contribution in [0.15, 0.2) is 6.20 Å². The minimum Gasteiger partial charge on any atom is -0.378 e. The zero-order valence-corrected chi connectivity index (χ0v) is 10.8. The first kappa shape index (κ1) is 12.4. The van der Waals surface area contributed by atoms with E-state index in [1.54, 1.807) is 13.2 Å². The molecule has 0 saturated carbocycles. The topological polar surface area (TPSA) is 59.1 Å². The number of rotatable bonds is 3. The van der Waals surface area contributed by atoms with Gasteiger partial charge in [-0.05, 0) is 19.8 Å². The first-order chi connectivity index (χ1) is 8.19. The third-order valence-corrected chi connectivity index (χ3v) is 3.07. The van der Waals surface area contributed by atoms with Crippen molar-refractivity contribution in [1.29, 1.82) is 0 Å². The van der Waals surface area contributed by atoms with Crippen molar-refractivity contribution < 1.29 is 4.74 Å². The zero-order chi connectivity index (χ0) is 12.3. The van der Waals surface area contributed by atoms with Crippen molar-refractivity contribution in [3.63, 3.8) is 0 Å². The number of nitrogens with one attached hydrogen (secondary N) is 2. The van der Waals surface area contributed by atoms with Gasteiger partial charge < -0.3 is 15.4 Å². The monoisotopic (exact) mass is 256 g/mol. The van der Waals surface area contributed by atoms with Crippen LogP contribution in [0, 0.1) is 0 Å². The molecule has 0 aromatic carbocycles. The Labute approximate surface area is 106 Å². The van der Waals surface area contributed by atoms with Crippen LogP contribution in [0.3, 0.4) is 0 Å². The smallest absolute Gasteiger partial charge is 0.224 e. The SMILES string of the molecule is CNc1ncc(Cl)c(NC2CCOC(C)C2)n1. The quantitative estimate of drug-likeness (QED) is 0.868. The fourth-order valence-corrected chi connectivity index (χ4v) is 2.06. The maximum atomic E-state index is 6.06. The second kappa shape index (κ2) is 5.51. The highest BCUT2D eigenvalue weighted by atomic mass is 35.5. The Bertz CT molecular complexity index is 388. The molecule has 0 spiro atoms. The predicted octanol–water partition coefficient (Wildman–Crippen LogP) is 2.15. The maximum Gasteiger partial charge on any atom is 0.224 e. The summed E-state index contributed by atoms with van der Waals surface area (Å²) in [5, 5.41) is 6.79. The predicted molar refractivity (Wildman–Crippen MR) is 68.6 cm³/mol. The molecule has 2 unspecified atom stereocenters.